The highest BCUT2D eigenvalue weighted by Gasteiger charge is 2.40. The number of aliphatic imine (C=N–C) groups is 1. The van der Waals surface area contributed by atoms with E-state index < -0.39 is 0 Å². The first-order chi connectivity index (χ1) is 14.0. The van der Waals surface area contributed by atoms with Crippen LogP contribution in [0.3, 0.4) is 0 Å². The van der Waals surface area contributed by atoms with Crippen LogP contribution in [-0.2, 0) is 9.59 Å². The van der Waals surface area contributed by atoms with Crippen molar-refractivity contribution in [2.75, 3.05) is 18.8 Å². The van der Waals surface area contributed by atoms with Crippen LogP contribution in [0.4, 0.5) is 5.69 Å². The maximum Gasteiger partial charge on any atom is 0.232 e. The van der Waals surface area contributed by atoms with Gasteiger partial charge in [-0.15, -0.1) is 0 Å². The first kappa shape index (κ1) is 21.0. The quantitative estimate of drug-likeness (QED) is 0.645. The molecule has 5 nitrogen and oxygen atoms in total. The summed E-state index contributed by atoms with van der Waals surface area (Å²) in [5.74, 6) is 1.46. The van der Waals surface area contributed by atoms with Crippen molar-refractivity contribution in [3.8, 4) is 0 Å². The zero-order chi connectivity index (χ0) is 20.5. The minimum atomic E-state index is -0.0509. The molecule has 2 heterocycles. The number of nitrogens with zero attached hydrogens (tertiary/aromatic N) is 3. The molecular formula is C21H25Cl2N3O2S. The van der Waals surface area contributed by atoms with Crippen LogP contribution in [0.2, 0.25) is 10.0 Å². The van der Waals surface area contributed by atoms with Gasteiger partial charge in [0.05, 0.1) is 15.7 Å². The molecule has 2 amide bonds. The summed E-state index contributed by atoms with van der Waals surface area (Å²) in [6, 6.07) is 5.41. The van der Waals surface area contributed by atoms with Crippen molar-refractivity contribution in [3.63, 3.8) is 0 Å². The molecule has 1 atom stereocenters. The first-order valence-corrected chi connectivity index (χ1v) is 12.0. The summed E-state index contributed by atoms with van der Waals surface area (Å²) in [6.07, 6.45) is 4.40. The van der Waals surface area contributed by atoms with E-state index in [4.69, 9.17) is 28.2 Å². The molecule has 8 heteroatoms. The van der Waals surface area contributed by atoms with Crippen molar-refractivity contribution in [1.29, 1.82) is 0 Å². The fraction of sp³-hybridized carbons (Fsp3) is 0.571. The van der Waals surface area contributed by atoms with E-state index >= 15 is 0 Å². The van der Waals surface area contributed by atoms with Crippen molar-refractivity contribution in [2.24, 2.45) is 16.8 Å². The number of amides is 2. The maximum atomic E-state index is 13.4. The Morgan fingerprint density at radius 3 is 2.38 bits per heavy atom. The van der Waals surface area contributed by atoms with Gasteiger partial charge in [-0.2, -0.15) is 0 Å². The standard InChI is InChI=1S/C21H25Cl2N3O2S/c1-2-16-12-29-21(24-15-5-6-17(22)18(23)11-15)26(16)20(28)14-7-9-25(10-8-14)19(27)13-3-4-13/h5-6,11,13-14,16H,2-4,7-10,12H2,1H3. The Hall–Kier alpha value is -1.24. The molecule has 1 aromatic rings. The highest BCUT2D eigenvalue weighted by atomic mass is 35.5. The van der Waals surface area contributed by atoms with Gasteiger partial charge in [-0.25, -0.2) is 4.99 Å². The van der Waals surface area contributed by atoms with E-state index in [2.05, 4.69) is 6.92 Å². The van der Waals surface area contributed by atoms with Gasteiger partial charge in [0.15, 0.2) is 5.17 Å². The number of amidine groups is 1. The van der Waals surface area contributed by atoms with Crippen molar-refractivity contribution >= 4 is 57.6 Å². The molecule has 2 saturated heterocycles. The van der Waals surface area contributed by atoms with E-state index in [1.54, 1.807) is 23.9 Å². The van der Waals surface area contributed by atoms with E-state index in [-0.39, 0.29) is 29.7 Å². The summed E-state index contributed by atoms with van der Waals surface area (Å²) in [4.78, 5) is 34.2. The second kappa shape index (κ2) is 8.86. The summed E-state index contributed by atoms with van der Waals surface area (Å²) >= 11 is 13.7. The third-order valence-electron chi connectivity index (χ3n) is 5.90. The second-order valence-corrected chi connectivity index (χ2v) is 9.75. The van der Waals surface area contributed by atoms with Crippen LogP contribution in [0.25, 0.3) is 0 Å². The van der Waals surface area contributed by atoms with Crippen LogP contribution in [0.5, 0.6) is 0 Å². The molecule has 156 valence electrons. The normalized spacial score (nSPS) is 24.4. The minimum Gasteiger partial charge on any atom is -0.342 e. The Labute approximate surface area is 185 Å². The number of piperidine rings is 1. The average Bonchev–Trinajstić information content (AvgIpc) is 3.50. The van der Waals surface area contributed by atoms with Crippen LogP contribution < -0.4 is 0 Å². The van der Waals surface area contributed by atoms with Gasteiger partial charge in [0.2, 0.25) is 11.8 Å². The van der Waals surface area contributed by atoms with E-state index in [0.717, 1.165) is 43.0 Å². The zero-order valence-electron chi connectivity index (χ0n) is 16.4. The molecule has 3 fully saturated rings. The Morgan fingerprint density at radius 1 is 1.07 bits per heavy atom. The van der Waals surface area contributed by atoms with Crippen molar-refractivity contribution < 1.29 is 9.59 Å². The van der Waals surface area contributed by atoms with Gasteiger partial charge in [0.25, 0.3) is 0 Å². The lowest BCUT2D eigenvalue weighted by atomic mass is 9.94. The lowest BCUT2D eigenvalue weighted by molar-refractivity contribution is -0.139. The highest BCUT2D eigenvalue weighted by molar-refractivity contribution is 8.14. The van der Waals surface area contributed by atoms with E-state index in [1.807, 2.05) is 15.9 Å². The zero-order valence-corrected chi connectivity index (χ0v) is 18.8. The van der Waals surface area contributed by atoms with E-state index in [9.17, 15) is 9.59 Å². The van der Waals surface area contributed by atoms with Gasteiger partial charge in [0.1, 0.15) is 0 Å². The predicted molar refractivity (Wildman–Crippen MR) is 119 cm³/mol. The largest absolute Gasteiger partial charge is 0.342 e. The number of rotatable bonds is 4. The summed E-state index contributed by atoms with van der Waals surface area (Å²) in [7, 11) is 0. The molecule has 1 aliphatic carbocycles. The molecule has 0 bridgehead atoms. The monoisotopic (exact) mass is 453 g/mol. The number of halogens is 2. The lowest BCUT2D eigenvalue weighted by Crippen LogP contribution is -2.47. The Bertz CT molecular complexity index is 835. The first-order valence-electron chi connectivity index (χ1n) is 10.3. The molecule has 0 spiro atoms. The molecule has 29 heavy (non-hydrogen) atoms. The van der Waals surface area contributed by atoms with Gasteiger partial charge in [-0.1, -0.05) is 41.9 Å². The Morgan fingerprint density at radius 2 is 1.76 bits per heavy atom. The van der Waals surface area contributed by atoms with E-state index in [1.165, 1.54) is 0 Å². The van der Waals surface area contributed by atoms with Gasteiger partial charge < -0.3 is 4.90 Å². The lowest BCUT2D eigenvalue weighted by Gasteiger charge is -2.34. The van der Waals surface area contributed by atoms with Crippen LogP contribution in [-0.4, -0.2) is 51.7 Å². The van der Waals surface area contributed by atoms with Gasteiger partial charge in [-0.3, -0.25) is 14.5 Å². The van der Waals surface area contributed by atoms with Crippen LogP contribution in [0.1, 0.15) is 39.0 Å². The summed E-state index contributed by atoms with van der Waals surface area (Å²) < 4.78 is 0. The number of hydrogen-bond donors (Lipinski definition) is 0. The summed E-state index contributed by atoms with van der Waals surface area (Å²) in [6.45, 7) is 3.47. The molecule has 1 saturated carbocycles. The van der Waals surface area contributed by atoms with Gasteiger partial charge in [0, 0.05) is 36.7 Å². The molecule has 1 unspecified atom stereocenters. The molecule has 4 rings (SSSR count). The SMILES string of the molecule is CCC1CSC(=Nc2ccc(Cl)c(Cl)c2)N1C(=O)C1CCN(C(=O)C2CC2)CC1. The molecule has 3 aliphatic rings. The van der Waals surface area contributed by atoms with E-state index in [0.29, 0.717) is 28.8 Å². The molecule has 2 aliphatic heterocycles. The number of benzene rings is 1. The van der Waals surface area contributed by atoms with Crippen LogP contribution in [0.15, 0.2) is 23.2 Å². The Kier molecular flexibility index (Phi) is 6.42. The third-order valence-corrected chi connectivity index (χ3v) is 7.73. The average molecular weight is 454 g/mol. The van der Waals surface area contributed by atoms with Crippen LogP contribution >= 0.6 is 35.0 Å². The Balaban J connectivity index is 1.47. The number of hydrogen-bond acceptors (Lipinski definition) is 4. The second-order valence-electron chi connectivity index (χ2n) is 7.95. The molecule has 0 N–H and O–H groups in total. The maximum absolute atomic E-state index is 13.4. The third kappa shape index (κ3) is 4.59. The smallest absolute Gasteiger partial charge is 0.232 e. The fourth-order valence-corrected chi connectivity index (χ4v) is 5.50. The molecule has 1 aromatic carbocycles. The van der Waals surface area contributed by atoms with Crippen LogP contribution in [0, 0.1) is 11.8 Å². The fourth-order valence-electron chi connectivity index (χ4n) is 3.93. The highest BCUT2D eigenvalue weighted by Crippen LogP contribution is 2.35. The number of likely N-dealkylation sites (tertiary alicyclic amines) is 1. The van der Waals surface area contributed by atoms with Crippen molar-refractivity contribution in [2.45, 2.75) is 45.1 Å². The van der Waals surface area contributed by atoms with Crippen molar-refractivity contribution in [3.05, 3.63) is 28.2 Å². The molecular weight excluding hydrogens is 429 g/mol. The molecule has 0 radical (unpaired) electrons. The molecule has 0 aromatic heterocycles. The summed E-state index contributed by atoms with van der Waals surface area (Å²) in [5.41, 5.74) is 0.696. The number of thioether (sulfide) groups is 1. The minimum absolute atomic E-state index is 0.0509. The number of carbonyl (C=O) groups is 2. The summed E-state index contributed by atoms with van der Waals surface area (Å²) in [5, 5.41) is 1.67. The van der Waals surface area contributed by atoms with Gasteiger partial charge in [-0.05, 0) is 50.3 Å². The van der Waals surface area contributed by atoms with Gasteiger partial charge >= 0.3 is 0 Å². The predicted octanol–water partition coefficient (Wildman–Crippen LogP) is 4.98. The van der Waals surface area contributed by atoms with Crippen molar-refractivity contribution in [1.82, 2.24) is 9.80 Å². The number of carbonyl (C=O) groups excluding carboxylic acids is 2. The topological polar surface area (TPSA) is 53.0 Å².